The Balaban J connectivity index is 1.71. The number of carbonyl (C=O) groups is 2. The molecule has 0 aliphatic carbocycles. The van der Waals surface area contributed by atoms with Crippen LogP contribution in [0.5, 0.6) is 0 Å². The van der Waals surface area contributed by atoms with Gasteiger partial charge in [0.1, 0.15) is 10.9 Å². The first kappa shape index (κ1) is 19.0. The number of hydrogen-bond acceptors (Lipinski definition) is 7. The molecule has 0 bridgehead atoms. The molecule has 1 aromatic heterocycles. The van der Waals surface area contributed by atoms with Crippen LogP contribution in [0.15, 0.2) is 48.5 Å². The summed E-state index contributed by atoms with van der Waals surface area (Å²) in [5.74, 6) is -1.28. The van der Waals surface area contributed by atoms with E-state index in [0.29, 0.717) is 21.3 Å². The zero-order chi connectivity index (χ0) is 20.3. The monoisotopic (exact) mass is 395 g/mol. The molecule has 3 aromatic rings. The summed E-state index contributed by atoms with van der Waals surface area (Å²) in [6.07, 6.45) is -1.10. The fourth-order valence-electron chi connectivity index (χ4n) is 2.44. The molecule has 0 fully saturated rings. The molecule has 0 radical (unpaired) electrons. The van der Waals surface area contributed by atoms with Crippen molar-refractivity contribution in [3.8, 4) is 6.07 Å². The number of hydrogen-bond donors (Lipinski definition) is 1. The molecule has 1 atom stereocenters. The molecule has 0 aliphatic heterocycles. The third kappa shape index (κ3) is 3.97. The fraction of sp³-hybridized carbons (Fsp3) is 0.105. The molecule has 8 nitrogen and oxygen atoms in total. The standard InChI is InChI=1S/C19H13N3O5S/c1-11(18(23)21-15-5-3-2-4-12(15)10-20)27-19(24)17-9-13-8-14(22(25)26)6-7-16(13)28-17/h2-9,11H,1H3,(H,21,23)/t11-/m0/s1. The molecule has 0 aliphatic rings. The van der Waals surface area contributed by atoms with E-state index in [9.17, 15) is 19.7 Å². The summed E-state index contributed by atoms with van der Waals surface area (Å²) in [6.45, 7) is 1.42. The third-order valence-electron chi connectivity index (χ3n) is 3.87. The third-order valence-corrected chi connectivity index (χ3v) is 4.97. The minimum atomic E-state index is -1.10. The number of ether oxygens (including phenoxy) is 1. The van der Waals surface area contributed by atoms with Crippen LogP contribution in [0.4, 0.5) is 11.4 Å². The van der Waals surface area contributed by atoms with Gasteiger partial charge in [-0.2, -0.15) is 5.26 Å². The fourth-order valence-corrected chi connectivity index (χ4v) is 3.37. The van der Waals surface area contributed by atoms with Crippen molar-refractivity contribution in [2.45, 2.75) is 13.0 Å². The Hall–Kier alpha value is -3.77. The molecule has 0 saturated heterocycles. The molecule has 3 rings (SSSR count). The molecule has 0 spiro atoms. The van der Waals surface area contributed by atoms with E-state index in [-0.39, 0.29) is 10.6 Å². The SMILES string of the molecule is C[C@H](OC(=O)c1cc2cc([N+](=O)[O-])ccc2s1)C(=O)Nc1ccccc1C#N. The summed E-state index contributed by atoms with van der Waals surface area (Å²) in [4.78, 5) is 35.2. The first-order chi connectivity index (χ1) is 13.4. The van der Waals surface area contributed by atoms with Crippen molar-refractivity contribution >= 4 is 44.7 Å². The molecule has 140 valence electrons. The number of thiophene rings is 1. The minimum absolute atomic E-state index is 0.0749. The second-order valence-electron chi connectivity index (χ2n) is 5.78. The van der Waals surface area contributed by atoms with Crippen molar-refractivity contribution in [3.05, 3.63) is 69.1 Å². The maximum absolute atomic E-state index is 12.3. The number of benzene rings is 2. The molecular formula is C19H13N3O5S. The maximum atomic E-state index is 12.3. The van der Waals surface area contributed by atoms with E-state index in [4.69, 9.17) is 10.00 Å². The maximum Gasteiger partial charge on any atom is 0.349 e. The van der Waals surface area contributed by atoms with E-state index in [1.165, 1.54) is 25.1 Å². The predicted octanol–water partition coefficient (Wildman–Crippen LogP) is 3.87. The molecule has 28 heavy (non-hydrogen) atoms. The highest BCUT2D eigenvalue weighted by Gasteiger charge is 2.21. The highest BCUT2D eigenvalue weighted by molar-refractivity contribution is 7.20. The summed E-state index contributed by atoms with van der Waals surface area (Å²) in [6, 6.07) is 14.2. The topological polar surface area (TPSA) is 122 Å². The smallest absolute Gasteiger partial charge is 0.349 e. The van der Waals surface area contributed by atoms with Gasteiger partial charge in [0.25, 0.3) is 11.6 Å². The quantitative estimate of drug-likeness (QED) is 0.397. The second-order valence-corrected chi connectivity index (χ2v) is 6.87. The zero-order valence-corrected chi connectivity index (χ0v) is 15.4. The van der Waals surface area contributed by atoms with Crippen LogP contribution in [0.3, 0.4) is 0 Å². The number of nitrogens with one attached hydrogen (secondary N) is 1. The lowest BCUT2D eigenvalue weighted by Crippen LogP contribution is -2.30. The molecular weight excluding hydrogens is 382 g/mol. The number of rotatable bonds is 5. The Morgan fingerprint density at radius 1 is 1.25 bits per heavy atom. The number of esters is 1. The number of para-hydroxylation sites is 1. The second kappa shape index (κ2) is 7.85. The van der Waals surface area contributed by atoms with E-state index in [0.717, 1.165) is 11.3 Å². The van der Waals surface area contributed by atoms with Crippen molar-refractivity contribution in [3.63, 3.8) is 0 Å². The first-order valence-electron chi connectivity index (χ1n) is 8.08. The van der Waals surface area contributed by atoms with Gasteiger partial charge in [-0.3, -0.25) is 14.9 Å². The van der Waals surface area contributed by atoms with Crippen LogP contribution < -0.4 is 5.32 Å². The largest absolute Gasteiger partial charge is 0.448 e. The van der Waals surface area contributed by atoms with Gasteiger partial charge in [-0.15, -0.1) is 11.3 Å². The van der Waals surface area contributed by atoms with Crippen molar-refractivity contribution in [1.82, 2.24) is 0 Å². The number of fused-ring (bicyclic) bond motifs is 1. The Morgan fingerprint density at radius 2 is 2.00 bits per heavy atom. The number of carbonyl (C=O) groups excluding carboxylic acids is 2. The van der Waals surface area contributed by atoms with E-state index in [1.807, 2.05) is 6.07 Å². The lowest BCUT2D eigenvalue weighted by molar-refractivity contribution is -0.384. The molecule has 2 aromatic carbocycles. The Morgan fingerprint density at radius 3 is 2.71 bits per heavy atom. The molecule has 1 amide bonds. The zero-order valence-electron chi connectivity index (χ0n) is 14.5. The average molecular weight is 395 g/mol. The van der Waals surface area contributed by atoms with Crippen molar-refractivity contribution in [2.75, 3.05) is 5.32 Å². The van der Waals surface area contributed by atoms with Gasteiger partial charge < -0.3 is 10.1 Å². The lowest BCUT2D eigenvalue weighted by atomic mass is 10.2. The highest BCUT2D eigenvalue weighted by Crippen LogP contribution is 2.29. The Bertz CT molecular complexity index is 1130. The Labute approximate surface area is 163 Å². The van der Waals surface area contributed by atoms with Gasteiger partial charge in [-0.25, -0.2) is 4.79 Å². The Kier molecular flexibility index (Phi) is 5.33. The summed E-state index contributed by atoms with van der Waals surface area (Å²) in [5.41, 5.74) is 0.543. The number of nitro benzene ring substituents is 1. The predicted molar refractivity (Wildman–Crippen MR) is 103 cm³/mol. The van der Waals surface area contributed by atoms with Crippen LogP contribution >= 0.6 is 11.3 Å². The van der Waals surface area contributed by atoms with Gasteiger partial charge in [0, 0.05) is 22.2 Å². The van der Waals surface area contributed by atoms with Crippen molar-refractivity contribution in [2.24, 2.45) is 0 Å². The summed E-state index contributed by atoms with van der Waals surface area (Å²) in [5, 5.41) is 23.0. The van der Waals surface area contributed by atoms with E-state index in [2.05, 4.69) is 5.32 Å². The van der Waals surface area contributed by atoms with Crippen LogP contribution in [0.25, 0.3) is 10.1 Å². The van der Waals surface area contributed by atoms with Gasteiger partial charge in [0.2, 0.25) is 0 Å². The molecule has 0 unspecified atom stereocenters. The van der Waals surface area contributed by atoms with Crippen LogP contribution in [-0.4, -0.2) is 22.9 Å². The summed E-state index contributed by atoms with van der Waals surface area (Å²) < 4.78 is 5.89. The molecule has 9 heteroatoms. The number of non-ortho nitro benzene ring substituents is 1. The van der Waals surface area contributed by atoms with Gasteiger partial charge in [0.15, 0.2) is 6.10 Å². The van der Waals surface area contributed by atoms with E-state index in [1.54, 1.807) is 30.3 Å². The van der Waals surface area contributed by atoms with E-state index >= 15 is 0 Å². The lowest BCUT2D eigenvalue weighted by Gasteiger charge is -2.13. The van der Waals surface area contributed by atoms with Crippen LogP contribution in [-0.2, 0) is 9.53 Å². The van der Waals surface area contributed by atoms with E-state index < -0.39 is 22.9 Å². The van der Waals surface area contributed by atoms with Crippen molar-refractivity contribution < 1.29 is 19.2 Å². The summed E-state index contributed by atoms with van der Waals surface area (Å²) in [7, 11) is 0. The number of nitriles is 1. The van der Waals surface area contributed by atoms with Crippen LogP contribution in [0.2, 0.25) is 0 Å². The van der Waals surface area contributed by atoms with Crippen LogP contribution in [0, 0.1) is 21.4 Å². The molecule has 1 heterocycles. The van der Waals surface area contributed by atoms with Gasteiger partial charge in [-0.1, -0.05) is 12.1 Å². The minimum Gasteiger partial charge on any atom is -0.448 e. The van der Waals surface area contributed by atoms with Crippen LogP contribution in [0.1, 0.15) is 22.2 Å². The highest BCUT2D eigenvalue weighted by atomic mass is 32.1. The first-order valence-corrected chi connectivity index (χ1v) is 8.89. The van der Waals surface area contributed by atoms with Gasteiger partial charge in [0.05, 0.1) is 16.2 Å². The van der Waals surface area contributed by atoms with Gasteiger partial charge >= 0.3 is 5.97 Å². The number of nitrogens with zero attached hydrogens (tertiary/aromatic N) is 2. The average Bonchev–Trinajstić information content (AvgIpc) is 3.11. The summed E-state index contributed by atoms with van der Waals surface area (Å²) >= 11 is 1.12. The van der Waals surface area contributed by atoms with Gasteiger partial charge in [-0.05, 0) is 31.2 Å². The van der Waals surface area contributed by atoms with Crippen molar-refractivity contribution in [1.29, 1.82) is 5.26 Å². The molecule has 1 N–H and O–H groups in total. The molecule has 0 saturated carbocycles. The number of amides is 1. The normalized spacial score (nSPS) is 11.4. The number of anilines is 1. The number of nitro groups is 1.